The minimum Gasteiger partial charge on any atom is -0.493 e. The molecule has 0 saturated heterocycles. The van der Waals surface area contributed by atoms with Crippen LogP contribution in [-0.2, 0) is 0 Å². The zero-order chi connectivity index (χ0) is 12.3. The van der Waals surface area contributed by atoms with Crippen molar-refractivity contribution in [2.24, 2.45) is 5.41 Å². The number of benzene rings is 1. The fraction of sp³-hybridized carbons (Fsp3) is 0.333. The van der Waals surface area contributed by atoms with Gasteiger partial charge in [0.05, 0.1) is 12.9 Å². The van der Waals surface area contributed by atoms with Crippen molar-refractivity contribution in [1.82, 2.24) is 0 Å². The lowest BCUT2D eigenvalue weighted by Gasteiger charge is -2.18. The summed E-state index contributed by atoms with van der Waals surface area (Å²) in [5.41, 5.74) is 1.25. The lowest BCUT2D eigenvalue weighted by Crippen LogP contribution is -2.16. The lowest BCUT2D eigenvalue weighted by atomic mass is 9.99. The Kier molecular flexibility index (Phi) is 3.23. The molecule has 0 radical (unpaired) electrons. The van der Waals surface area contributed by atoms with Crippen LogP contribution in [0.3, 0.4) is 0 Å². The van der Waals surface area contributed by atoms with E-state index in [1.165, 1.54) is 0 Å². The maximum atomic E-state index is 5.71. The van der Waals surface area contributed by atoms with Crippen LogP contribution in [0.4, 0.5) is 0 Å². The molecule has 0 aliphatic carbocycles. The first-order chi connectivity index (χ1) is 8.04. The molecule has 2 aromatic rings. The maximum absolute atomic E-state index is 5.71. The van der Waals surface area contributed by atoms with Crippen molar-refractivity contribution in [2.75, 3.05) is 6.61 Å². The van der Waals surface area contributed by atoms with Crippen LogP contribution in [0, 0.1) is 5.41 Å². The molecule has 2 nitrogen and oxygen atoms in total. The van der Waals surface area contributed by atoms with Gasteiger partial charge in [-0.3, -0.25) is 0 Å². The molecule has 1 aromatic heterocycles. The zero-order valence-corrected chi connectivity index (χ0v) is 10.6. The summed E-state index contributed by atoms with van der Waals surface area (Å²) >= 11 is 0. The molecular formula is C15H18O2. The van der Waals surface area contributed by atoms with Crippen molar-refractivity contribution in [3.63, 3.8) is 0 Å². The Hall–Kier alpha value is -1.70. The molecule has 1 heterocycles. The molecule has 0 amide bonds. The summed E-state index contributed by atoms with van der Waals surface area (Å²) in [5.74, 6) is 1.78. The Labute approximate surface area is 102 Å². The predicted octanol–water partition coefficient (Wildman–Crippen LogP) is 4.37. The Balaban J connectivity index is 2.04. The molecule has 0 bridgehead atoms. The molecule has 0 aliphatic heterocycles. The maximum Gasteiger partial charge on any atom is 0.133 e. The molecule has 0 N–H and O–H groups in total. The van der Waals surface area contributed by atoms with Crippen molar-refractivity contribution in [1.29, 1.82) is 0 Å². The highest BCUT2D eigenvalue weighted by Crippen LogP contribution is 2.23. The standard InChI is InChI=1S/C15H18O2/c1-15(2,3)11-17-13-8-6-12(7-9-13)14-5-4-10-16-14/h4-10H,11H2,1-3H3. The highest BCUT2D eigenvalue weighted by atomic mass is 16.5. The van der Waals surface area contributed by atoms with Crippen molar-refractivity contribution in [3.05, 3.63) is 42.7 Å². The Bertz CT molecular complexity index is 447. The third-order valence-corrected chi connectivity index (χ3v) is 2.33. The van der Waals surface area contributed by atoms with E-state index in [1.807, 2.05) is 36.4 Å². The van der Waals surface area contributed by atoms with Crippen LogP contribution in [0.25, 0.3) is 11.3 Å². The van der Waals surface area contributed by atoms with E-state index in [9.17, 15) is 0 Å². The summed E-state index contributed by atoms with van der Waals surface area (Å²) in [5, 5.41) is 0. The second kappa shape index (κ2) is 4.66. The monoisotopic (exact) mass is 230 g/mol. The number of rotatable bonds is 3. The number of hydrogen-bond acceptors (Lipinski definition) is 2. The summed E-state index contributed by atoms with van der Waals surface area (Å²) in [6.45, 7) is 7.19. The molecule has 17 heavy (non-hydrogen) atoms. The molecule has 0 atom stereocenters. The Morgan fingerprint density at radius 2 is 1.76 bits per heavy atom. The van der Waals surface area contributed by atoms with Crippen LogP contribution in [-0.4, -0.2) is 6.61 Å². The van der Waals surface area contributed by atoms with Crippen molar-refractivity contribution in [2.45, 2.75) is 20.8 Å². The molecule has 0 aliphatic rings. The average molecular weight is 230 g/mol. The van der Waals surface area contributed by atoms with Gasteiger partial charge in [0, 0.05) is 5.56 Å². The Morgan fingerprint density at radius 1 is 1.06 bits per heavy atom. The number of hydrogen-bond donors (Lipinski definition) is 0. The summed E-state index contributed by atoms with van der Waals surface area (Å²) in [4.78, 5) is 0. The van der Waals surface area contributed by atoms with Crippen molar-refractivity contribution in [3.8, 4) is 17.1 Å². The SMILES string of the molecule is CC(C)(C)COc1ccc(-c2ccco2)cc1. The van der Waals surface area contributed by atoms with E-state index in [2.05, 4.69) is 20.8 Å². The van der Waals surface area contributed by atoms with E-state index in [0.717, 1.165) is 17.1 Å². The molecule has 90 valence electrons. The van der Waals surface area contributed by atoms with Gasteiger partial charge < -0.3 is 9.15 Å². The van der Waals surface area contributed by atoms with Gasteiger partial charge in [-0.15, -0.1) is 0 Å². The largest absolute Gasteiger partial charge is 0.493 e. The fourth-order valence-corrected chi connectivity index (χ4v) is 1.46. The molecule has 2 rings (SSSR count). The molecule has 0 spiro atoms. The molecule has 1 aromatic carbocycles. The zero-order valence-electron chi connectivity index (χ0n) is 10.6. The van der Waals surface area contributed by atoms with E-state index in [1.54, 1.807) is 6.26 Å². The second-order valence-corrected chi connectivity index (χ2v) is 5.35. The van der Waals surface area contributed by atoms with Gasteiger partial charge in [0.25, 0.3) is 0 Å². The minimum absolute atomic E-state index is 0.180. The lowest BCUT2D eigenvalue weighted by molar-refractivity contribution is 0.198. The quantitative estimate of drug-likeness (QED) is 0.781. The van der Waals surface area contributed by atoms with Gasteiger partial charge in [-0.25, -0.2) is 0 Å². The normalized spacial score (nSPS) is 11.5. The fourth-order valence-electron chi connectivity index (χ4n) is 1.46. The van der Waals surface area contributed by atoms with Gasteiger partial charge in [-0.05, 0) is 41.8 Å². The van der Waals surface area contributed by atoms with E-state index >= 15 is 0 Å². The second-order valence-electron chi connectivity index (χ2n) is 5.35. The number of ether oxygens (including phenoxy) is 1. The summed E-state index contributed by atoms with van der Waals surface area (Å²) < 4.78 is 11.0. The summed E-state index contributed by atoms with van der Waals surface area (Å²) in [6.07, 6.45) is 1.68. The molecule has 0 unspecified atom stereocenters. The van der Waals surface area contributed by atoms with Crippen LogP contribution in [0.1, 0.15) is 20.8 Å². The van der Waals surface area contributed by atoms with E-state index in [4.69, 9.17) is 9.15 Å². The molecular weight excluding hydrogens is 212 g/mol. The first-order valence-electron chi connectivity index (χ1n) is 5.81. The minimum atomic E-state index is 0.180. The summed E-state index contributed by atoms with van der Waals surface area (Å²) in [6, 6.07) is 11.8. The van der Waals surface area contributed by atoms with Crippen molar-refractivity contribution < 1.29 is 9.15 Å². The average Bonchev–Trinajstić information content (AvgIpc) is 2.79. The topological polar surface area (TPSA) is 22.4 Å². The van der Waals surface area contributed by atoms with Gasteiger partial charge in [0.2, 0.25) is 0 Å². The van der Waals surface area contributed by atoms with Crippen LogP contribution < -0.4 is 4.74 Å². The van der Waals surface area contributed by atoms with Gasteiger partial charge in [0.1, 0.15) is 11.5 Å². The first kappa shape index (κ1) is 11.8. The smallest absolute Gasteiger partial charge is 0.133 e. The highest BCUT2D eigenvalue weighted by molar-refractivity contribution is 5.58. The third kappa shape index (κ3) is 3.38. The van der Waals surface area contributed by atoms with Gasteiger partial charge in [-0.1, -0.05) is 20.8 Å². The highest BCUT2D eigenvalue weighted by Gasteiger charge is 2.11. The molecule has 0 saturated carbocycles. The van der Waals surface area contributed by atoms with Crippen molar-refractivity contribution >= 4 is 0 Å². The van der Waals surface area contributed by atoms with Gasteiger partial charge in [-0.2, -0.15) is 0 Å². The van der Waals surface area contributed by atoms with Crippen LogP contribution in [0.2, 0.25) is 0 Å². The van der Waals surface area contributed by atoms with Crippen LogP contribution in [0.15, 0.2) is 47.1 Å². The third-order valence-electron chi connectivity index (χ3n) is 2.33. The summed E-state index contributed by atoms with van der Waals surface area (Å²) in [7, 11) is 0. The number of furan rings is 1. The van der Waals surface area contributed by atoms with Crippen LogP contribution in [0.5, 0.6) is 5.75 Å². The Morgan fingerprint density at radius 3 is 2.29 bits per heavy atom. The predicted molar refractivity (Wildman–Crippen MR) is 69.1 cm³/mol. The van der Waals surface area contributed by atoms with E-state index < -0.39 is 0 Å². The van der Waals surface area contributed by atoms with Gasteiger partial charge in [0.15, 0.2) is 0 Å². The van der Waals surface area contributed by atoms with Gasteiger partial charge >= 0.3 is 0 Å². The van der Waals surface area contributed by atoms with Crippen LogP contribution >= 0.6 is 0 Å². The van der Waals surface area contributed by atoms with E-state index in [0.29, 0.717) is 6.61 Å². The molecule has 2 heteroatoms. The molecule has 0 fully saturated rings. The first-order valence-corrected chi connectivity index (χ1v) is 5.81. The van der Waals surface area contributed by atoms with E-state index in [-0.39, 0.29) is 5.41 Å².